The van der Waals surface area contributed by atoms with Crippen molar-refractivity contribution in [1.29, 1.82) is 0 Å². The summed E-state index contributed by atoms with van der Waals surface area (Å²) in [5.74, 6) is 0.871. The molecule has 0 heterocycles. The Labute approximate surface area is 105 Å². The molecule has 3 rings (SSSR count). The van der Waals surface area contributed by atoms with E-state index in [1.165, 1.54) is 37.8 Å². The van der Waals surface area contributed by atoms with Crippen LogP contribution in [-0.4, -0.2) is 12.6 Å². The third-order valence-corrected chi connectivity index (χ3v) is 4.72. The van der Waals surface area contributed by atoms with Crippen LogP contribution in [0.2, 0.25) is 0 Å². The van der Waals surface area contributed by atoms with E-state index in [1.54, 1.807) is 5.56 Å². The fourth-order valence-corrected chi connectivity index (χ4v) is 3.12. The Bertz CT molecular complexity index is 390. The molecule has 0 radical (unpaired) electrons. The van der Waals surface area contributed by atoms with Crippen molar-refractivity contribution < 1.29 is 0 Å². The molecule has 2 aliphatic rings. The van der Waals surface area contributed by atoms with Gasteiger partial charge in [-0.2, -0.15) is 0 Å². The standard InChI is InChI=1S/C16H23N/c1-3-16(13-6-4-12(2)5-7-13)10-14(16)11-17-15-8-9-15/h4-7,14-15,17H,3,8-11H2,1-2H3. The number of rotatable bonds is 5. The Balaban J connectivity index is 1.68. The minimum Gasteiger partial charge on any atom is -0.314 e. The molecule has 2 fully saturated rings. The van der Waals surface area contributed by atoms with Gasteiger partial charge in [0.15, 0.2) is 0 Å². The lowest BCUT2D eigenvalue weighted by Crippen LogP contribution is -2.23. The van der Waals surface area contributed by atoms with Crippen molar-refractivity contribution in [2.45, 2.75) is 51.0 Å². The topological polar surface area (TPSA) is 12.0 Å². The zero-order valence-electron chi connectivity index (χ0n) is 11.0. The van der Waals surface area contributed by atoms with Gasteiger partial charge < -0.3 is 5.32 Å². The van der Waals surface area contributed by atoms with E-state index in [2.05, 4.69) is 43.4 Å². The molecule has 1 heteroatoms. The number of hydrogen-bond donors (Lipinski definition) is 1. The first-order valence-electron chi connectivity index (χ1n) is 7.05. The number of aryl methyl sites for hydroxylation is 1. The van der Waals surface area contributed by atoms with Gasteiger partial charge in [0.25, 0.3) is 0 Å². The zero-order valence-corrected chi connectivity index (χ0v) is 11.0. The highest BCUT2D eigenvalue weighted by Gasteiger charge is 2.53. The molecule has 0 saturated heterocycles. The zero-order chi connectivity index (χ0) is 11.9. The van der Waals surface area contributed by atoms with Crippen LogP contribution in [0.25, 0.3) is 0 Å². The van der Waals surface area contributed by atoms with Crippen LogP contribution in [0.4, 0.5) is 0 Å². The van der Waals surface area contributed by atoms with Gasteiger partial charge in [-0.1, -0.05) is 36.8 Å². The van der Waals surface area contributed by atoms with Crippen LogP contribution in [0.5, 0.6) is 0 Å². The molecule has 2 unspecified atom stereocenters. The van der Waals surface area contributed by atoms with Crippen LogP contribution in [0, 0.1) is 12.8 Å². The van der Waals surface area contributed by atoms with E-state index in [0.29, 0.717) is 5.41 Å². The van der Waals surface area contributed by atoms with E-state index in [4.69, 9.17) is 0 Å². The van der Waals surface area contributed by atoms with Crippen LogP contribution < -0.4 is 5.32 Å². The molecule has 0 bridgehead atoms. The molecule has 1 nitrogen and oxygen atoms in total. The first-order valence-corrected chi connectivity index (χ1v) is 7.05. The van der Waals surface area contributed by atoms with E-state index in [-0.39, 0.29) is 0 Å². The Morgan fingerprint density at radius 1 is 1.24 bits per heavy atom. The predicted octanol–water partition coefficient (Wildman–Crippen LogP) is 3.41. The van der Waals surface area contributed by atoms with Gasteiger partial charge in [0.1, 0.15) is 0 Å². The number of benzene rings is 1. The van der Waals surface area contributed by atoms with Gasteiger partial charge in [0.2, 0.25) is 0 Å². The molecule has 92 valence electrons. The summed E-state index contributed by atoms with van der Waals surface area (Å²) in [4.78, 5) is 0. The Hall–Kier alpha value is -0.820. The van der Waals surface area contributed by atoms with E-state index < -0.39 is 0 Å². The highest BCUT2D eigenvalue weighted by Crippen LogP contribution is 2.56. The number of hydrogen-bond acceptors (Lipinski definition) is 1. The summed E-state index contributed by atoms with van der Waals surface area (Å²) >= 11 is 0. The Morgan fingerprint density at radius 3 is 2.53 bits per heavy atom. The van der Waals surface area contributed by atoms with E-state index in [9.17, 15) is 0 Å². The first-order chi connectivity index (χ1) is 8.24. The monoisotopic (exact) mass is 229 g/mol. The molecular weight excluding hydrogens is 206 g/mol. The summed E-state index contributed by atoms with van der Waals surface area (Å²) in [5, 5.41) is 3.69. The summed E-state index contributed by atoms with van der Waals surface area (Å²) in [6.07, 6.45) is 5.46. The fraction of sp³-hybridized carbons (Fsp3) is 0.625. The van der Waals surface area contributed by atoms with E-state index >= 15 is 0 Å². The van der Waals surface area contributed by atoms with E-state index in [1.807, 2.05) is 0 Å². The van der Waals surface area contributed by atoms with Crippen LogP contribution in [0.1, 0.15) is 43.7 Å². The third-order valence-electron chi connectivity index (χ3n) is 4.72. The maximum Gasteiger partial charge on any atom is 0.00683 e. The summed E-state index contributed by atoms with van der Waals surface area (Å²) in [5.41, 5.74) is 3.43. The molecule has 0 aromatic heterocycles. The molecule has 1 aromatic carbocycles. The third kappa shape index (κ3) is 2.13. The Kier molecular flexibility index (Phi) is 2.74. The van der Waals surface area contributed by atoms with Crippen molar-refractivity contribution in [3.63, 3.8) is 0 Å². The second kappa shape index (κ2) is 4.13. The largest absolute Gasteiger partial charge is 0.314 e. The normalized spacial score (nSPS) is 31.5. The molecule has 0 aliphatic heterocycles. The van der Waals surface area contributed by atoms with E-state index in [0.717, 1.165) is 12.0 Å². The van der Waals surface area contributed by atoms with Crippen LogP contribution in [0.3, 0.4) is 0 Å². The van der Waals surface area contributed by atoms with Crippen molar-refractivity contribution in [3.05, 3.63) is 35.4 Å². The molecular formula is C16H23N. The summed E-state index contributed by atoms with van der Waals surface area (Å²) < 4.78 is 0. The predicted molar refractivity (Wildman–Crippen MR) is 72.3 cm³/mol. The summed E-state index contributed by atoms with van der Waals surface area (Å²) in [6.45, 7) is 5.74. The molecule has 2 aliphatic carbocycles. The average molecular weight is 229 g/mol. The fourth-order valence-electron chi connectivity index (χ4n) is 3.12. The van der Waals surface area contributed by atoms with Crippen LogP contribution >= 0.6 is 0 Å². The molecule has 0 amide bonds. The minimum absolute atomic E-state index is 0.496. The maximum absolute atomic E-state index is 3.69. The van der Waals surface area contributed by atoms with Crippen molar-refractivity contribution in [3.8, 4) is 0 Å². The summed E-state index contributed by atoms with van der Waals surface area (Å²) in [7, 11) is 0. The van der Waals surface area contributed by atoms with Crippen molar-refractivity contribution in [2.24, 2.45) is 5.92 Å². The smallest absolute Gasteiger partial charge is 0.00683 e. The van der Waals surface area contributed by atoms with Crippen molar-refractivity contribution >= 4 is 0 Å². The van der Waals surface area contributed by atoms with Crippen molar-refractivity contribution in [2.75, 3.05) is 6.54 Å². The number of nitrogens with one attached hydrogen (secondary N) is 1. The minimum atomic E-state index is 0.496. The van der Waals surface area contributed by atoms with Gasteiger partial charge >= 0.3 is 0 Å². The second-order valence-corrected chi connectivity index (χ2v) is 5.96. The highest BCUT2D eigenvalue weighted by molar-refractivity contribution is 5.35. The molecule has 0 spiro atoms. The van der Waals surface area contributed by atoms with Gasteiger partial charge in [-0.3, -0.25) is 0 Å². The quantitative estimate of drug-likeness (QED) is 0.816. The summed E-state index contributed by atoms with van der Waals surface area (Å²) in [6, 6.07) is 10.1. The van der Waals surface area contributed by atoms with Gasteiger partial charge in [0.05, 0.1) is 0 Å². The van der Waals surface area contributed by atoms with Gasteiger partial charge in [0, 0.05) is 6.04 Å². The maximum atomic E-state index is 3.69. The van der Waals surface area contributed by atoms with Gasteiger partial charge in [-0.05, 0) is 56.0 Å². The first kappa shape index (κ1) is 11.3. The molecule has 2 saturated carbocycles. The molecule has 2 atom stereocenters. The molecule has 17 heavy (non-hydrogen) atoms. The second-order valence-electron chi connectivity index (χ2n) is 5.96. The van der Waals surface area contributed by atoms with Crippen molar-refractivity contribution in [1.82, 2.24) is 5.32 Å². The molecule has 1 aromatic rings. The lowest BCUT2D eigenvalue weighted by atomic mass is 9.90. The Morgan fingerprint density at radius 2 is 1.94 bits per heavy atom. The molecule has 1 N–H and O–H groups in total. The lowest BCUT2D eigenvalue weighted by Gasteiger charge is -2.16. The lowest BCUT2D eigenvalue weighted by molar-refractivity contribution is 0.537. The van der Waals surface area contributed by atoms with Gasteiger partial charge in [-0.15, -0.1) is 0 Å². The van der Waals surface area contributed by atoms with Gasteiger partial charge in [-0.25, -0.2) is 0 Å². The average Bonchev–Trinajstić information content (AvgIpc) is 3.23. The SMILES string of the molecule is CCC1(c2ccc(C)cc2)CC1CNC1CC1. The van der Waals surface area contributed by atoms with Crippen LogP contribution in [0.15, 0.2) is 24.3 Å². The van der Waals surface area contributed by atoms with Crippen LogP contribution in [-0.2, 0) is 5.41 Å². The highest BCUT2D eigenvalue weighted by atomic mass is 15.0.